The van der Waals surface area contributed by atoms with Gasteiger partial charge in [-0.2, -0.15) is 0 Å². The Balaban J connectivity index is 1.17. The SMILES string of the molecule is O=C(O)CN(CC(=O)NCCCCCC(=O)NCCO[C@H]1O[C@H](CO[C@H]2O[C@H](CO)[C@@H](O)[C@H](O)[C@@H]2O)[C@@H](O)[C@H](O[C@H]2O[C@H](CO)[C@@H](O)[C@H](O)[C@@H]2O)[C@@H]1O)CC(=O)NCCC(=O)OCc1ccccc1. The summed E-state index contributed by atoms with van der Waals surface area (Å²) < 4.78 is 38.4. The second-order valence-corrected chi connectivity index (χ2v) is 16.5. The summed E-state index contributed by atoms with van der Waals surface area (Å²) in [4.78, 5) is 62.0. The quantitative estimate of drug-likeness (QED) is 0.0274. The molecule has 27 heteroatoms. The molecule has 3 heterocycles. The van der Waals surface area contributed by atoms with Crippen molar-refractivity contribution >= 4 is 29.7 Å². The number of nitrogens with zero attached hydrogens (tertiary/aromatic N) is 1. The average Bonchev–Trinajstić information content (AvgIpc) is 3.32. The first-order valence-corrected chi connectivity index (χ1v) is 22.4. The van der Waals surface area contributed by atoms with E-state index in [1.165, 1.54) is 0 Å². The Hall–Kier alpha value is -4.11. The first-order valence-electron chi connectivity index (χ1n) is 22.4. The third-order valence-corrected chi connectivity index (χ3v) is 11.2. The summed E-state index contributed by atoms with van der Waals surface area (Å²) >= 11 is 0. The lowest BCUT2D eigenvalue weighted by atomic mass is 9.96. The molecule has 15 atom stereocenters. The third kappa shape index (κ3) is 18.2. The van der Waals surface area contributed by atoms with Gasteiger partial charge in [-0.3, -0.25) is 28.9 Å². The lowest BCUT2D eigenvalue weighted by molar-refractivity contribution is -0.366. The van der Waals surface area contributed by atoms with Gasteiger partial charge in [0.15, 0.2) is 18.9 Å². The number of benzene rings is 1. The minimum absolute atomic E-state index is 0.0511. The molecule has 392 valence electrons. The summed E-state index contributed by atoms with van der Waals surface area (Å²) in [5.41, 5.74) is 0.800. The van der Waals surface area contributed by atoms with Crippen molar-refractivity contribution in [1.82, 2.24) is 20.9 Å². The standard InChI is InChI=1S/C42H66N4O23/c47-18-23-31(55)34(58)36(60)40(66-23)65-21-25-33(57)39(69-42-37(61)35(59)32(56)24(19-48)67-42)38(62)41(68-25)63-14-13-45-26(49)9-5-2-6-11-43-27(50)15-46(17-29(52)53)16-28(51)44-12-10-30(54)64-20-22-7-3-1-4-8-22/h1,3-4,7-8,23-25,31-42,47-48,55-62H,2,5-6,9-21H2,(H,43,50)(H,44,51)(H,45,49)(H,52,53)/t23-,24-,25-,31-,32-,33-,34+,35+,36+,37+,38+,39+,40+,41+,42-/m1/s1. The molecule has 0 saturated carbocycles. The fourth-order valence-electron chi connectivity index (χ4n) is 7.33. The van der Waals surface area contributed by atoms with Gasteiger partial charge >= 0.3 is 11.9 Å². The van der Waals surface area contributed by atoms with Crippen molar-refractivity contribution in [2.24, 2.45) is 0 Å². The van der Waals surface area contributed by atoms with Crippen molar-refractivity contribution in [3.05, 3.63) is 35.9 Å². The second kappa shape index (κ2) is 29.3. The zero-order valence-corrected chi connectivity index (χ0v) is 37.6. The molecule has 3 amide bonds. The first kappa shape index (κ1) is 57.5. The smallest absolute Gasteiger partial charge is 0.317 e. The minimum atomic E-state index is -1.93. The topological polar surface area (TPSA) is 412 Å². The Bertz CT molecular complexity index is 1730. The molecule has 14 N–H and O–H groups in total. The highest BCUT2D eigenvalue weighted by Gasteiger charge is 2.52. The molecule has 3 saturated heterocycles. The Morgan fingerprint density at radius 3 is 1.75 bits per heavy atom. The highest BCUT2D eigenvalue weighted by molar-refractivity contribution is 5.82. The Morgan fingerprint density at radius 2 is 1.13 bits per heavy atom. The molecule has 4 rings (SSSR count). The maximum absolute atomic E-state index is 12.6. The van der Waals surface area contributed by atoms with Gasteiger partial charge in [0.25, 0.3) is 0 Å². The van der Waals surface area contributed by atoms with E-state index in [1.54, 1.807) is 24.3 Å². The summed E-state index contributed by atoms with van der Waals surface area (Å²) in [6.07, 6.45) is -24.3. The van der Waals surface area contributed by atoms with E-state index in [4.69, 9.17) is 33.2 Å². The number of nitrogens with one attached hydrogen (secondary N) is 3. The number of aliphatic carboxylic acids is 1. The predicted molar refractivity (Wildman–Crippen MR) is 227 cm³/mol. The molecule has 1 aromatic rings. The van der Waals surface area contributed by atoms with Gasteiger partial charge in [-0.25, -0.2) is 0 Å². The highest BCUT2D eigenvalue weighted by Crippen LogP contribution is 2.31. The van der Waals surface area contributed by atoms with Crippen molar-refractivity contribution < 1.29 is 113 Å². The molecular formula is C42H66N4O23. The van der Waals surface area contributed by atoms with Crippen LogP contribution in [0.5, 0.6) is 0 Å². The summed E-state index contributed by atoms with van der Waals surface area (Å²) in [5, 5.41) is 120. The molecule has 1 aromatic carbocycles. The number of carbonyl (C=O) groups excluding carboxylic acids is 4. The van der Waals surface area contributed by atoms with Crippen LogP contribution in [0.2, 0.25) is 0 Å². The van der Waals surface area contributed by atoms with Crippen LogP contribution in [0.3, 0.4) is 0 Å². The van der Waals surface area contributed by atoms with E-state index < -0.39 is 155 Å². The van der Waals surface area contributed by atoms with E-state index in [9.17, 15) is 80.1 Å². The Labute approximate surface area is 395 Å². The van der Waals surface area contributed by atoms with E-state index in [0.29, 0.717) is 19.3 Å². The van der Waals surface area contributed by atoms with Crippen LogP contribution in [-0.2, 0) is 63.7 Å². The number of amides is 3. The molecule has 0 bridgehead atoms. The van der Waals surface area contributed by atoms with E-state index in [-0.39, 0.29) is 51.6 Å². The zero-order chi connectivity index (χ0) is 50.6. The van der Waals surface area contributed by atoms with Gasteiger partial charge < -0.3 is 105 Å². The normalized spacial score (nSPS) is 31.4. The molecule has 69 heavy (non-hydrogen) atoms. The number of carboxylic acid groups (broad SMARTS) is 1. The van der Waals surface area contributed by atoms with Crippen molar-refractivity contribution in [2.75, 3.05) is 65.7 Å². The number of aliphatic hydroxyl groups is 10. The summed E-state index contributed by atoms with van der Waals surface area (Å²) in [7, 11) is 0. The van der Waals surface area contributed by atoms with Crippen LogP contribution >= 0.6 is 0 Å². The monoisotopic (exact) mass is 994 g/mol. The number of esters is 1. The van der Waals surface area contributed by atoms with Gasteiger partial charge in [-0.15, -0.1) is 0 Å². The van der Waals surface area contributed by atoms with Crippen LogP contribution in [0.15, 0.2) is 30.3 Å². The average molecular weight is 995 g/mol. The summed E-state index contributed by atoms with van der Waals surface area (Å²) in [6, 6.07) is 9.01. The zero-order valence-electron chi connectivity index (χ0n) is 37.6. The number of hydrogen-bond donors (Lipinski definition) is 14. The Morgan fingerprint density at radius 1 is 0.565 bits per heavy atom. The van der Waals surface area contributed by atoms with Crippen LogP contribution in [0.4, 0.5) is 0 Å². The van der Waals surface area contributed by atoms with Crippen molar-refractivity contribution in [3.8, 4) is 0 Å². The molecule has 3 aliphatic heterocycles. The highest BCUT2D eigenvalue weighted by atomic mass is 16.7. The fraction of sp³-hybridized carbons (Fsp3) is 0.738. The van der Waals surface area contributed by atoms with E-state index in [1.807, 2.05) is 6.07 Å². The number of ether oxygens (including phenoxy) is 7. The summed E-state index contributed by atoms with van der Waals surface area (Å²) in [6.45, 7) is -3.81. The number of unbranched alkanes of at least 4 members (excludes halogenated alkanes) is 2. The molecule has 27 nitrogen and oxygen atoms in total. The van der Waals surface area contributed by atoms with Gasteiger partial charge in [0, 0.05) is 26.1 Å². The van der Waals surface area contributed by atoms with Gasteiger partial charge in [0.05, 0.1) is 52.5 Å². The third-order valence-electron chi connectivity index (χ3n) is 11.2. The maximum Gasteiger partial charge on any atom is 0.317 e. The van der Waals surface area contributed by atoms with E-state index in [2.05, 4.69) is 16.0 Å². The van der Waals surface area contributed by atoms with Crippen LogP contribution in [0.25, 0.3) is 0 Å². The molecule has 0 spiro atoms. The summed E-state index contributed by atoms with van der Waals surface area (Å²) in [5.74, 6) is -3.31. The number of aliphatic hydroxyl groups excluding tert-OH is 10. The van der Waals surface area contributed by atoms with Crippen molar-refractivity contribution in [3.63, 3.8) is 0 Å². The van der Waals surface area contributed by atoms with Gasteiger partial charge in [-0.05, 0) is 18.4 Å². The van der Waals surface area contributed by atoms with Gasteiger partial charge in [-0.1, -0.05) is 36.8 Å². The van der Waals surface area contributed by atoms with Gasteiger partial charge in [0.2, 0.25) is 17.7 Å². The minimum Gasteiger partial charge on any atom is -0.480 e. The molecule has 0 radical (unpaired) electrons. The molecule has 3 fully saturated rings. The van der Waals surface area contributed by atoms with Crippen molar-refractivity contribution in [2.45, 2.75) is 131 Å². The molecular weight excluding hydrogens is 928 g/mol. The Kier molecular flexibility index (Phi) is 24.4. The number of hydrogen-bond acceptors (Lipinski definition) is 23. The van der Waals surface area contributed by atoms with Crippen LogP contribution < -0.4 is 16.0 Å². The molecule has 3 aliphatic rings. The first-order chi connectivity index (χ1) is 32.9. The molecule has 0 aromatic heterocycles. The van der Waals surface area contributed by atoms with Crippen LogP contribution in [0, 0.1) is 0 Å². The van der Waals surface area contributed by atoms with E-state index in [0.717, 1.165) is 10.5 Å². The lowest BCUT2D eigenvalue weighted by Gasteiger charge is -2.46. The fourth-order valence-corrected chi connectivity index (χ4v) is 7.33. The largest absolute Gasteiger partial charge is 0.480 e. The van der Waals surface area contributed by atoms with Crippen LogP contribution in [0.1, 0.15) is 37.7 Å². The number of rotatable bonds is 28. The van der Waals surface area contributed by atoms with Crippen molar-refractivity contribution in [1.29, 1.82) is 0 Å². The van der Waals surface area contributed by atoms with Crippen LogP contribution in [-0.4, -0.2) is 249 Å². The van der Waals surface area contributed by atoms with Gasteiger partial charge in [0.1, 0.15) is 79.9 Å². The predicted octanol–water partition coefficient (Wildman–Crippen LogP) is -7.12. The number of carboxylic acids is 1. The molecule has 0 unspecified atom stereocenters. The lowest BCUT2D eigenvalue weighted by Crippen LogP contribution is -2.65. The second-order valence-electron chi connectivity index (χ2n) is 16.5. The molecule has 0 aliphatic carbocycles. The number of carbonyl (C=O) groups is 5. The van der Waals surface area contributed by atoms with E-state index >= 15 is 0 Å². The maximum atomic E-state index is 12.6.